The molecule has 13 heavy (non-hydrogen) atoms. The van der Waals surface area contributed by atoms with Gasteiger partial charge in [-0.1, -0.05) is 6.08 Å². The van der Waals surface area contributed by atoms with Crippen LogP contribution in [0.25, 0.3) is 0 Å². The Morgan fingerprint density at radius 1 is 1.62 bits per heavy atom. The summed E-state index contributed by atoms with van der Waals surface area (Å²) >= 11 is 5.71. The third kappa shape index (κ3) is 1.87. The SMILES string of the molecule is CS(=O)(=O)C1(N)C=CC(Cl)C(N)=C1. The molecule has 2 atom stereocenters. The highest BCUT2D eigenvalue weighted by molar-refractivity contribution is 7.92. The van der Waals surface area contributed by atoms with E-state index in [-0.39, 0.29) is 5.70 Å². The summed E-state index contributed by atoms with van der Waals surface area (Å²) in [7, 11) is -3.41. The molecule has 0 aromatic carbocycles. The number of hydrogen-bond donors (Lipinski definition) is 2. The molecule has 0 aromatic rings. The molecule has 0 amide bonds. The lowest BCUT2D eigenvalue weighted by atomic mass is 10.1. The average Bonchev–Trinajstić information content (AvgIpc) is 1.95. The van der Waals surface area contributed by atoms with E-state index in [1.54, 1.807) is 0 Å². The third-order valence-corrected chi connectivity index (χ3v) is 3.81. The van der Waals surface area contributed by atoms with Crippen molar-refractivity contribution in [2.45, 2.75) is 10.2 Å². The number of alkyl halides is 1. The predicted molar refractivity (Wildman–Crippen MR) is 52.8 cm³/mol. The number of allylic oxidation sites excluding steroid dienone is 1. The molecule has 4 N–H and O–H groups in total. The maximum atomic E-state index is 11.2. The molecule has 0 heterocycles. The van der Waals surface area contributed by atoms with Crippen molar-refractivity contribution in [2.24, 2.45) is 11.5 Å². The van der Waals surface area contributed by atoms with E-state index in [4.69, 9.17) is 23.1 Å². The number of sulfone groups is 1. The minimum atomic E-state index is -3.41. The zero-order valence-electron chi connectivity index (χ0n) is 7.07. The summed E-state index contributed by atoms with van der Waals surface area (Å²) in [6.07, 6.45) is 5.13. The fraction of sp³-hybridized carbons (Fsp3) is 0.429. The van der Waals surface area contributed by atoms with Crippen LogP contribution < -0.4 is 11.5 Å². The first-order valence-electron chi connectivity index (χ1n) is 3.56. The molecule has 0 bridgehead atoms. The molecular formula is C7H11ClN2O2S. The van der Waals surface area contributed by atoms with Crippen molar-refractivity contribution in [1.82, 2.24) is 0 Å². The molecule has 1 aliphatic carbocycles. The van der Waals surface area contributed by atoms with E-state index in [9.17, 15) is 8.42 Å². The van der Waals surface area contributed by atoms with E-state index in [0.29, 0.717) is 0 Å². The standard InChI is InChI=1S/C7H11ClN2O2S/c1-13(11,12)7(10)3-2-5(8)6(9)4-7/h2-5H,9-10H2,1H3. The molecule has 0 fully saturated rings. The molecule has 0 saturated heterocycles. The second-order valence-corrected chi connectivity index (χ2v) is 5.75. The molecule has 0 radical (unpaired) electrons. The summed E-state index contributed by atoms with van der Waals surface area (Å²) in [6, 6.07) is 0. The number of nitrogens with two attached hydrogens (primary N) is 2. The topological polar surface area (TPSA) is 86.2 Å². The van der Waals surface area contributed by atoms with Crippen molar-refractivity contribution >= 4 is 21.4 Å². The Balaban J connectivity index is 3.18. The van der Waals surface area contributed by atoms with Crippen LogP contribution in [-0.2, 0) is 9.84 Å². The summed E-state index contributed by atoms with van der Waals surface area (Å²) in [5.74, 6) is 0. The first-order valence-corrected chi connectivity index (χ1v) is 5.89. The molecular weight excluding hydrogens is 212 g/mol. The zero-order chi connectivity index (χ0) is 10.3. The average molecular weight is 223 g/mol. The van der Waals surface area contributed by atoms with E-state index < -0.39 is 20.1 Å². The van der Waals surface area contributed by atoms with Gasteiger partial charge in [0, 0.05) is 12.0 Å². The van der Waals surface area contributed by atoms with E-state index in [2.05, 4.69) is 0 Å². The lowest BCUT2D eigenvalue weighted by molar-refractivity contribution is 0.581. The summed E-state index contributed by atoms with van der Waals surface area (Å²) < 4.78 is 22.5. The normalized spacial score (nSPS) is 34.4. The third-order valence-electron chi connectivity index (χ3n) is 1.88. The van der Waals surface area contributed by atoms with Gasteiger partial charge in [-0.2, -0.15) is 0 Å². The maximum Gasteiger partial charge on any atom is 0.173 e. The Kier molecular flexibility index (Phi) is 2.44. The van der Waals surface area contributed by atoms with Crippen LogP contribution >= 0.6 is 11.6 Å². The van der Waals surface area contributed by atoms with E-state index >= 15 is 0 Å². The van der Waals surface area contributed by atoms with E-state index in [0.717, 1.165) is 6.26 Å². The summed E-state index contributed by atoms with van der Waals surface area (Å²) in [4.78, 5) is -1.51. The highest BCUT2D eigenvalue weighted by Gasteiger charge is 2.34. The predicted octanol–water partition coefficient (Wildman–Crippen LogP) is -0.294. The Labute approximate surface area is 82.2 Å². The van der Waals surface area contributed by atoms with Gasteiger partial charge in [-0.25, -0.2) is 8.42 Å². The Morgan fingerprint density at radius 3 is 2.54 bits per heavy atom. The van der Waals surface area contributed by atoms with Crippen LogP contribution in [0.5, 0.6) is 0 Å². The van der Waals surface area contributed by atoms with E-state index in [1.807, 2.05) is 0 Å². The van der Waals surface area contributed by atoms with Crippen molar-refractivity contribution in [3.63, 3.8) is 0 Å². The van der Waals surface area contributed by atoms with Gasteiger partial charge in [-0.05, 0) is 12.2 Å². The molecule has 0 spiro atoms. The van der Waals surface area contributed by atoms with Gasteiger partial charge in [0.1, 0.15) is 0 Å². The molecule has 2 unspecified atom stereocenters. The van der Waals surface area contributed by atoms with Crippen LogP contribution in [0.15, 0.2) is 23.9 Å². The molecule has 0 aromatic heterocycles. The van der Waals surface area contributed by atoms with Gasteiger partial charge in [0.2, 0.25) is 0 Å². The smallest absolute Gasteiger partial charge is 0.173 e. The van der Waals surface area contributed by atoms with Crippen LogP contribution in [0, 0.1) is 0 Å². The maximum absolute atomic E-state index is 11.2. The van der Waals surface area contributed by atoms with Crippen LogP contribution in [0.1, 0.15) is 0 Å². The number of halogens is 1. The monoisotopic (exact) mass is 222 g/mol. The fourth-order valence-electron chi connectivity index (χ4n) is 0.965. The fourth-order valence-corrected chi connectivity index (χ4v) is 1.78. The Morgan fingerprint density at radius 2 is 2.15 bits per heavy atom. The quantitative estimate of drug-likeness (QED) is 0.472. The van der Waals surface area contributed by atoms with Gasteiger partial charge in [0.15, 0.2) is 14.7 Å². The minimum Gasteiger partial charge on any atom is -0.401 e. The molecule has 74 valence electrons. The minimum absolute atomic E-state index is 0.261. The van der Waals surface area contributed by atoms with Crippen LogP contribution in [-0.4, -0.2) is 24.9 Å². The van der Waals surface area contributed by atoms with Crippen molar-refractivity contribution in [1.29, 1.82) is 0 Å². The largest absolute Gasteiger partial charge is 0.401 e. The van der Waals surface area contributed by atoms with Gasteiger partial charge in [0.05, 0.1) is 5.38 Å². The summed E-state index contributed by atoms with van der Waals surface area (Å²) in [6.45, 7) is 0. The summed E-state index contributed by atoms with van der Waals surface area (Å²) in [5.41, 5.74) is 11.3. The van der Waals surface area contributed by atoms with Gasteiger partial charge in [-0.15, -0.1) is 11.6 Å². The van der Waals surface area contributed by atoms with Crippen LogP contribution in [0.3, 0.4) is 0 Å². The second-order valence-electron chi connectivity index (χ2n) is 3.03. The first kappa shape index (κ1) is 10.6. The molecule has 6 heteroatoms. The highest BCUT2D eigenvalue weighted by Crippen LogP contribution is 2.23. The lowest BCUT2D eigenvalue weighted by Crippen LogP contribution is -2.46. The van der Waals surface area contributed by atoms with Crippen molar-refractivity contribution in [3.05, 3.63) is 23.9 Å². The Hall–Kier alpha value is -0.520. The van der Waals surface area contributed by atoms with Gasteiger partial charge in [-0.3, -0.25) is 0 Å². The van der Waals surface area contributed by atoms with Crippen molar-refractivity contribution < 1.29 is 8.42 Å². The van der Waals surface area contributed by atoms with Crippen molar-refractivity contribution in [3.8, 4) is 0 Å². The van der Waals surface area contributed by atoms with Crippen LogP contribution in [0.2, 0.25) is 0 Å². The number of hydrogen-bond acceptors (Lipinski definition) is 4. The highest BCUT2D eigenvalue weighted by atomic mass is 35.5. The molecule has 4 nitrogen and oxygen atoms in total. The van der Waals surface area contributed by atoms with Gasteiger partial charge < -0.3 is 11.5 Å². The van der Waals surface area contributed by atoms with Gasteiger partial charge >= 0.3 is 0 Å². The molecule has 0 saturated carbocycles. The second kappa shape index (κ2) is 3.01. The number of rotatable bonds is 1. The summed E-state index contributed by atoms with van der Waals surface area (Å²) in [5, 5.41) is -0.474. The lowest BCUT2D eigenvalue weighted by Gasteiger charge is -2.25. The zero-order valence-corrected chi connectivity index (χ0v) is 8.64. The van der Waals surface area contributed by atoms with Crippen LogP contribution in [0.4, 0.5) is 0 Å². The molecule has 1 rings (SSSR count). The molecule has 1 aliphatic rings. The first-order chi connectivity index (χ1) is 5.76. The Bertz CT molecular complexity index is 374. The van der Waals surface area contributed by atoms with E-state index in [1.165, 1.54) is 18.2 Å². The van der Waals surface area contributed by atoms with Gasteiger partial charge in [0.25, 0.3) is 0 Å². The molecule has 0 aliphatic heterocycles. The van der Waals surface area contributed by atoms with Crippen molar-refractivity contribution in [2.75, 3.05) is 6.26 Å².